The summed E-state index contributed by atoms with van der Waals surface area (Å²) in [5.74, 6) is 2.39. The van der Waals surface area contributed by atoms with E-state index in [1.165, 1.54) is 19.3 Å². The molecule has 7 heteroatoms. The van der Waals surface area contributed by atoms with E-state index in [-0.39, 0.29) is 29.8 Å². The molecule has 0 aromatic heterocycles. The largest absolute Gasteiger partial charge is 0.339 e. The molecule has 0 spiro atoms. The molecule has 1 saturated heterocycles. The Hall–Kier alpha value is -3.09. The topological polar surface area (TPSA) is 81.8 Å². The molecule has 1 aliphatic heterocycles. The van der Waals surface area contributed by atoms with Crippen LogP contribution in [0.5, 0.6) is 0 Å². The summed E-state index contributed by atoms with van der Waals surface area (Å²) in [5.41, 5.74) is 0.692. The molecule has 0 atom stereocenters. The molecule has 4 bridgehead atoms. The lowest BCUT2D eigenvalue weighted by atomic mass is 9.53. The monoisotopic (exact) mass is 488 g/mol. The standard InChI is InChI=1S/C29H36N4O3/c34-26(8-9-30-28(36)31-29-17-20-14-21(18-29)16-22(15-20)19-29)32-10-12-33(13-11-32)27(35)25-7-3-5-23-4-1-2-6-24(23)25/h1-7,20-22H,8-19H2,(H2,30,31,36). The van der Waals surface area contributed by atoms with Crippen molar-refractivity contribution in [3.05, 3.63) is 48.0 Å². The van der Waals surface area contributed by atoms with Gasteiger partial charge >= 0.3 is 6.03 Å². The van der Waals surface area contributed by atoms with Crippen molar-refractivity contribution in [2.45, 2.75) is 50.5 Å². The van der Waals surface area contributed by atoms with Crippen molar-refractivity contribution in [2.24, 2.45) is 17.8 Å². The van der Waals surface area contributed by atoms with Crippen LogP contribution >= 0.6 is 0 Å². The number of hydrogen-bond acceptors (Lipinski definition) is 3. The lowest BCUT2D eigenvalue weighted by Crippen LogP contribution is -2.61. The van der Waals surface area contributed by atoms with E-state index in [2.05, 4.69) is 10.6 Å². The van der Waals surface area contributed by atoms with Crippen LogP contribution in [0.25, 0.3) is 10.8 Å². The highest BCUT2D eigenvalue weighted by Gasteiger charge is 2.51. The number of carbonyl (C=O) groups excluding carboxylic acids is 3. The number of benzene rings is 2. The fourth-order valence-electron chi connectivity index (χ4n) is 7.73. The molecule has 1 heterocycles. The molecule has 4 amide bonds. The Bertz CT molecular complexity index is 1130. The molecular weight excluding hydrogens is 452 g/mol. The summed E-state index contributed by atoms with van der Waals surface area (Å²) in [5, 5.41) is 8.25. The third kappa shape index (κ3) is 4.56. The predicted molar refractivity (Wildman–Crippen MR) is 138 cm³/mol. The summed E-state index contributed by atoms with van der Waals surface area (Å²) in [6.45, 7) is 2.43. The van der Waals surface area contributed by atoms with Gasteiger partial charge in [-0.15, -0.1) is 0 Å². The molecule has 36 heavy (non-hydrogen) atoms. The van der Waals surface area contributed by atoms with Gasteiger partial charge in [-0.3, -0.25) is 9.59 Å². The van der Waals surface area contributed by atoms with Gasteiger partial charge in [0.15, 0.2) is 0 Å². The van der Waals surface area contributed by atoms with Gasteiger partial charge in [0.25, 0.3) is 5.91 Å². The van der Waals surface area contributed by atoms with E-state index in [9.17, 15) is 14.4 Å². The van der Waals surface area contributed by atoms with Crippen molar-refractivity contribution in [3.8, 4) is 0 Å². The lowest BCUT2D eigenvalue weighted by molar-refractivity contribution is -0.132. The minimum Gasteiger partial charge on any atom is -0.339 e. The Kier molecular flexibility index (Phi) is 6.10. The van der Waals surface area contributed by atoms with E-state index in [4.69, 9.17) is 0 Å². The molecule has 4 aliphatic carbocycles. The van der Waals surface area contributed by atoms with Gasteiger partial charge in [0.2, 0.25) is 5.91 Å². The van der Waals surface area contributed by atoms with Gasteiger partial charge in [-0.25, -0.2) is 4.79 Å². The molecule has 5 aliphatic rings. The van der Waals surface area contributed by atoms with E-state index in [0.29, 0.717) is 38.3 Å². The third-order valence-corrected chi connectivity index (χ3v) is 8.98. The van der Waals surface area contributed by atoms with Crippen LogP contribution in [0.15, 0.2) is 42.5 Å². The van der Waals surface area contributed by atoms with Crippen LogP contribution in [0.2, 0.25) is 0 Å². The number of rotatable bonds is 5. The molecule has 0 radical (unpaired) electrons. The predicted octanol–water partition coefficient (Wildman–Crippen LogP) is 3.78. The fraction of sp³-hybridized carbons (Fsp3) is 0.552. The van der Waals surface area contributed by atoms with E-state index < -0.39 is 0 Å². The lowest BCUT2D eigenvalue weighted by Gasteiger charge is -2.56. The molecule has 0 unspecified atom stereocenters. The minimum atomic E-state index is -0.129. The van der Waals surface area contributed by atoms with E-state index in [1.54, 1.807) is 0 Å². The Morgan fingerprint density at radius 2 is 1.42 bits per heavy atom. The molecule has 7 rings (SSSR count). The van der Waals surface area contributed by atoms with Gasteiger partial charge in [0.1, 0.15) is 0 Å². The Morgan fingerprint density at radius 1 is 0.806 bits per heavy atom. The molecule has 190 valence electrons. The molecule has 2 aromatic carbocycles. The van der Waals surface area contributed by atoms with Crippen LogP contribution in [-0.4, -0.2) is 65.9 Å². The maximum atomic E-state index is 13.2. The van der Waals surface area contributed by atoms with Gasteiger partial charge in [-0.2, -0.15) is 0 Å². The van der Waals surface area contributed by atoms with Crippen LogP contribution in [0, 0.1) is 17.8 Å². The average Bonchev–Trinajstić information content (AvgIpc) is 2.87. The second-order valence-electron chi connectivity index (χ2n) is 11.5. The summed E-state index contributed by atoms with van der Waals surface area (Å²) in [7, 11) is 0. The summed E-state index contributed by atoms with van der Waals surface area (Å²) >= 11 is 0. The van der Waals surface area contributed by atoms with Crippen molar-refractivity contribution in [1.82, 2.24) is 20.4 Å². The number of amides is 4. The van der Waals surface area contributed by atoms with E-state index >= 15 is 0 Å². The SMILES string of the molecule is O=C(NCCC(=O)N1CCN(C(=O)c2cccc3ccccc23)CC1)NC12CC3CC(CC(C3)C1)C2. The zero-order chi connectivity index (χ0) is 24.7. The molecule has 7 nitrogen and oxygen atoms in total. The number of piperazine rings is 1. The highest BCUT2D eigenvalue weighted by molar-refractivity contribution is 6.07. The summed E-state index contributed by atoms with van der Waals surface area (Å²) in [6.07, 6.45) is 7.67. The smallest absolute Gasteiger partial charge is 0.315 e. The summed E-state index contributed by atoms with van der Waals surface area (Å²) in [4.78, 5) is 42.2. The van der Waals surface area contributed by atoms with Gasteiger partial charge in [0, 0.05) is 50.2 Å². The first-order valence-electron chi connectivity index (χ1n) is 13.6. The second kappa shape index (κ2) is 9.41. The van der Waals surface area contributed by atoms with Crippen LogP contribution < -0.4 is 10.6 Å². The van der Waals surface area contributed by atoms with Crippen molar-refractivity contribution in [1.29, 1.82) is 0 Å². The number of urea groups is 1. The zero-order valence-corrected chi connectivity index (χ0v) is 20.9. The number of hydrogen-bond donors (Lipinski definition) is 2. The van der Waals surface area contributed by atoms with Crippen LogP contribution in [0.3, 0.4) is 0 Å². The number of carbonyl (C=O) groups is 3. The van der Waals surface area contributed by atoms with Crippen LogP contribution in [0.4, 0.5) is 4.79 Å². The van der Waals surface area contributed by atoms with E-state index in [0.717, 1.165) is 47.8 Å². The second-order valence-corrected chi connectivity index (χ2v) is 11.5. The van der Waals surface area contributed by atoms with Gasteiger partial charge in [-0.1, -0.05) is 36.4 Å². The van der Waals surface area contributed by atoms with Crippen molar-refractivity contribution < 1.29 is 14.4 Å². The molecular formula is C29H36N4O3. The van der Waals surface area contributed by atoms with Crippen molar-refractivity contribution in [2.75, 3.05) is 32.7 Å². The van der Waals surface area contributed by atoms with Gasteiger partial charge in [-0.05, 0) is 73.1 Å². The Morgan fingerprint density at radius 3 is 2.11 bits per heavy atom. The quantitative estimate of drug-likeness (QED) is 0.672. The minimum absolute atomic E-state index is 0.0157. The maximum Gasteiger partial charge on any atom is 0.315 e. The average molecular weight is 489 g/mol. The first-order chi connectivity index (χ1) is 17.5. The Balaban J connectivity index is 0.957. The number of nitrogens with one attached hydrogen (secondary N) is 2. The van der Waals surface area contributed by atoms with Crippen molar-refractivity contribution >= 4 is 28.6 Å². The molecule has 5 fully saturated rings. The fourth-order valence-corrected chi connectivity index (χ4v) is 7.73. The van der Waals surface area contributed by atoms with Crippen LogP contribution in [0.1, 0.15) is 55.3 Å². The summed E-state index contributed by atoms with van der Waals surface area (Å²) < 4.78 is 0. The maximum absolute atomic E-state index is 13.2. The molecule has 2 aromatic rings. The molecule has 2 N–H and O–H groups in total. The zero-order valence-electron chi connectivity index (χ0n) is 20.9. The number of fused-ring (bicyclic) bond motifs is 1. The van der Waals surface area contributed by atoms with Crippen molar-refractivity contribution in [3.63, 3.8) is 0 Å². The normalized spacial score (nSPS) is 28.8. The number of nitrogens with zero attached hydrogens (tertiary/aromatic N) is 2. The van der Waals surface area contributed by atoms with Gasteiger partial charge < -0.3 is 20.4 Å². The van der Waals surface area contributed by atoms with Gasteiger partial charge in [0.05, 0.1) is 0 Å². The highest BCUT2D eigenvalue weighted by atomic mass is 16.2. The van der Waals surface area contributed by atoms with E-state index in [1.807, 2.05) is 52.3 Å². The highest BCUT2D eigenvalue weighted by Crippen LogP contribution is 2.55. The van der Waals surface area contributed by atoms with Crippen LogP contribution in [-0.2, 0) is 4.79 Å². The molecule has 4 saturated carbocycles. The third-order valence-electron chi connectivity index (χ3n) is 8.98. The Labute approximate surface area is 212 Å². The first kappa shape index (κ1) is 23.3. The summed E-state index contributed by atoms with van der Waals surface area (Å²) in [6, 6.07) is 13.6. The first-order valence-corrected chi connectivity index (χ1v) is 13.6.